The fourth-order valence-electron chi connectivity index (χ4n) is 4.44. The van der Waals surface area contributed by atoms with E-state index in [9.17, 15) is 4.79 Å². The molecule has 0 fully saturated rings. The molecule has 0 spiro atoms. The van der Waals surface area contributed by atoms with Gasteiger partial charge in [-0.05, 0) is 86.2 Å². The normalized spacial score (nSPS) is 10.9. The molecule has 10 heteroatoms. The van der Waals surface area contributed by atoms with E-state index < -0.39 is 5.91 Å². The van der Waals surface area contributed by atoms with Crippen molar-refractivity contribution < 1.29 is 23.4 Å². The molecule has 5 aromatic rings. The summed E-state index contributed by atoms with van der Waals surface area (Å²) in [4.78, 5) is 17.8. The third-order valence-corrected chi connectivity index (χ3v) is 7.04. The summed E-state index contributed by atoms with van der Waals surface area (Å²) in [7, 11) is 0. The minimum absolute atomic E-state index is 0.127. The van der Waals surface area contributed by atoms with Crippen molar-refractivity contribution in [3.8, 4) is 28.7 Å². The summed E-state index contributed by atoms with van der Waals surface area (Å²) in [6.07, 6.45) is 0. The molecule has 0 aliphatic heterocycles. The van der Waals surface area contributed by atoms with Gasteiger partial charge in [0.25, 0.3) is 5.91 Å². The van der Waals surface area contributed by atoms with Crippen LogP contribution in [0.25, 0.3) is 33.3 Å². The van der Waals surface area contributed by atoms with Gasteiger partial charge in [-0.25, -0.2) is 4.98 Å². The van der Waals surface area contributed by atoms with Gasteiger partial charge in [0, 0.05) is 21.3 Å². The molecule has 1 amide bonds. The van der Waals surface area contributed by atoms with E-state index in [1.807, 2.05) is 75.4 Å². The highest BCUT2D eigenvalue weighted by Crippen LogP contribution is 2.39. The predicted octanol–water partition coefficient (Wildman–Crippen LogP) is 7.73. The zero-order valence-corrected chi connectivity index (χ0v) is 25.1. The zero-order chi connectivity index (χ0) is 28.9. The molecule has 0 bridgehead atoms. The van der Waals surface area contributed by atoms with Crippen molar-refractivity contribution in [1.29, 1.82) is 0 Å². The molecule has 5 rings (SSSR count). The molecular weight excluding hydrogens is 606 g/mol. The van der Waals surface area contributed by atoms with Gasteiger partial charge < -0.3 is 23.9 Å². The average Bonchev–Trinajstić information content (AvgIpc) is 3.38. The van der Waals surface area contributed by atoms with Crippen LogP contribution in [0.3, 0.4) is 0 Å². The molecule has 1 aromatic heterocycles. The van der Waals surface area contributed by atoms with Crippen LogP contribution < -0.4 is 24.8 Å². The van der Waals surface area contributed by atoms with Crippen LogP contribution in [-0.2, 0) is 0 Å². The molecule has 210 valence electrons. The van der Waals surface area contributed by atoms with Crippen molar-refractivity contribution in [2.24, 2.45) is 0 Å². The molecule has 8 nitrogen and oxygen atoms in total. The Morgan fingerprint density at radius 1 is 0.902 bits per heavy atom. The molecule has 0 atom stereocenters. The highest BCUT2D eigenvalue weighted by atomic mass is 79.9. The van der Waals surface area contributed by atoms with E-state index >= 15 is 0 Å². The lowest BCUT2D eigenvalue weighted by atomic mass is 10.0. The fraction of sp³-hybridized carbons (Fsp3) is 0.194. The maximum Gasteiger partial charge on any atom is 0.257 e. The number of carbonyl (C=O) groups is 1. The summed E-state index contributed by atoms with van der Waals surface area (Å²) >= 11 is 9.05. The Kier molecular flexibility index (Phi) is 8.70. The highest BCUT2D eigenvalue weighted by molar-refractivity contribution is 9.10. The summed E-state index contributed by atoms with van der Waals surface area (Å²) in [5.41, 5.74) is 3.16. The molecule has 0 aliphatic carbocycles. The second kappa shape index (κ2) is 12.6. The third kappa shape index (κ3) is 6.13. The monoisotopic (exact) mass is 633 g/mol. The Labute approximate surface area is 251 Å². The predicted molar refractivity (Wildman–Crippen MR) is 168 cm³/mol. The number of anilines is 1. The Morgan fingerprint density at radius 2 is 1.59 bits per heavy atom. The Bertz CT molecular complexity index is 1730. The summed E-state index contributed by atoms with van der Waals surface area (Å²) in [6.45, 7) is 6.82. The Morgan fingerprint density at radius 3 is 2.29 bits per heavy atom. The minimum Gasteiger partial charge on any atom is -0.490 e. The summed E-state index contributed by atoms with van der Waals surface area (Å²) < 4.78 is 24.3. The quantitative estimate of drug-likeness (QED) is 0.159. The molecule has 0 saturated heterocycles. The number of carbonyl (C=O) groups excluding carboxylic acids is 1. The molecular formula is C31H28BrN3O5S. The van der Waals surface area contributed by atoms with E-state index in [1.54, 1.807) is 12.1 Å². The van der Waals surface area contributed by atoms with Crippen molar-refractivity contribution >= 4 is 66.7 Å². The maximum absolute atomic E-state index is 13.1. The van der Waals surface area contributed by atoms with Crippen LogP contribution in [0.15, 0.2) is 75.6 Å². The Hall–Kier alpha value is -4.15. The van der Waals surface area contributed by atoms with Crippen molar-refractivity contribution in [3.05, 3.63) is 76.8 Å². The van der Waals surface area contributed by atoms with Gasteiger partial charge in [-0.3, -0.25) is 10.1 Å². The van der Waals surface area contributed by atoms with E-state index in [4.69, 9.17) is 35.8 Å². The standard InChI is InChI=1S/C31H28BrN3O5S/c1-4-37-26-15-18(16-27(38-5-2)28(26)39-6-3)29(36)35-31(41)33-19-13-14-25-24(17-19)34-30(40-25)22-11-7-10-21-20(22)9-8-12-23(21)32/h7-17H,4-6H2,1-3H3,(H2,33,35,36,41). The molecule has 4 aromatic carbocycles. The number of ether oxygens (including phenoxy) is 3. The first-order chi connectivity index (χ1) is 19.9. The average molecular weight is 635 g/mol. The maximum atomic E-state index is 13.1. The van der Waals surface area contributed by atoms with Crippen LogP contribution in [0.2, 0.25) is 0 Å². The van der Waals surface area contributed by atoms with Gasteiger partial charge in [-0.15, -0.1) is 0 Å². The number of nitrogens with zero attached hydrogens (tertiary/aromatic N) is 1. The number of nitrogens with one attached hydrogen (secondary N) is 2. The molecule has 0 radical (unpaired) electrons. The smallest absolute Gasteiger partial charge is 0.257 e. The first kappa shape index (κ1) is 28.4. The van der Waals surface area contributed by atoms with Gasteiger partial charge in [0.15, 0.2) is 22.2 Å². The molecule has 2 N–H and O–H groups in total. The molecule has 0 unspecified atom stereocenters. The van der Waals surface area contributed by atoms with Crippen molar-refractivity contribution in [1.82, 2.24) is 10.3 Å². The topological polar surface area (TPSA) is 94.9 Å². The number of amides is 1. The molecule has 1 heterocycles. The summed E-state index contributed by atoms with van der Waals surface area (Å²) in [5, 5.41) is 8.01. The largest absolute Gasteiger partial charge is 0.490 e. The minimum atomic E-state index is -0.417. The number of benzene rings is 4. The lowest BCUT2D eigenvalue weighted by Crippen LogP contribution is -2.34. The van der Waals surface area contributed by atoms with Crippen LogP contribution in [0.5, 0.6) is 17.2 Å². The van der Waals surface area contributed by atoms with Crippen LogP contribution in [0.4, 0.5) is 5.69 Å². The second-order valence-electron chi connectivity index (χ2n) is 8.85. The van der Waals surface area contributed by atoms with Gasteiger partial charge in [0.1, 0.15) is 5.52 Å². The first-order valence-electron chi connectivity index (χ1n) is 13.2. The summed E-state index contributed by atoms with van der Waals surface area (Å²) in [5.74, 6) is 1.41. The third-order valence-electron chi connectivity index (χ3n) is 6.14. The van der Waals surface area contributed by atoms with E-state index in [2.05, 4.69) is 26.6 Å². The lowest BCUT2D eigenvalue weighted by molar-refractivity contribution is 0.0976. The van der Waals surface area contributed by atoms with E-state index in [1.165, 1.54) is 0 Å². The van der Waals surface area contributed by atoms with Crippen molar-refractivity contribution in [3.63, 3.8) is 0 Å². The number of hydrogen-bond donors (Lipinski definition) is 2. The second-order valence-corrected chi connectivity index (χ2v) is 10.1. The van der Waals surface area contributed by atoms with Gasteiger partial charge in [0.2, 0.25) is 11.6 Å². The van der Waals surface area contributed by atoms with Crippen molar-refractivity contribution in [2.75, 3.05) is 25.1 Å². The SMILES string of the molecule is CCOc1cc(C(=O)NC(=S)Nc2ccc3oc(-c4cccc5c(Br)cccc45)nc3c2)cc(OCC)c1OCC. The Balaban J connectivity index is 1.35. The number of halogens is 1. The number of rotatable bonds is 9. The first-order valence-corrected chi connectivity index (χ1v) is 14.4. The van der Waals surface area contributed by atoms with Crippen LogP contribution in [-0.4, -0.2) is 35.8 Å². The van der Waals surface area contributed by atoms with Crippen LogP contribution in [0.1, 0.15) is 31.1 Å². The van der Waals surface area contributed by atoms with Gasteiger partial charge in [-0.1, -0.05) is 40.2 Å². The van der Waals surface area contributed by atoms with Gasteiger partial charge in [-0.2, -0.15) is 0 Å². The van der Waals surface area contributed by atoms with E-state index in [0.29, 0.717) is 65.3 Å². The molecule has 41 heavy (non-hydrogen) atoms. The van der Waals surface area contributed by atoms with Crippen molar-refractivity contribution in [2.45, 2.75) is 20.8 Å². The van der Waals surface area contributed by atoms with E-state index in [0.717, 1.165) is 20.8 Å². The molecule has 0 aliphatic rings. The number of hydrogen-bond acceptors (Lipinski definition) is 7. The zero-order valence-electron chi connectivity index (χ0n) is 22.7. The van der Waals surface area contributed by atoms with E-state index in [-0.39, 0.29) is 5.11 Å². The fourth-order valence-corrected chi connectivity index (χ4v) is 5.14. The number of aromatic nitrogens is 1. The number of thiocarbonyl (C=S) groups is 1. The van der Waals surface area contributed by atoms with Crippen LogP contribution >= 0.6 is 28.1 Å². The van der Waals surface area contributed by atoms with Crippen LogP contribution in [0, 0.1) is 0 Å². The van der Waals surface area contributed by atoms with Gasteiger partial charge in [0.05, 0.1) is 19.8 Å². The van der Waals surface area contributed by atoms with Gasteiger partial charge >= 0.3 is 0 Å². The number of fused-ring (bicyclic) bond motifs is 2. The molecule has 0 saturated carbocycles. The number of oxazole rings is 1. The summed E-state index contributed by atoms with van der Waals surface area (Å²) in [6, 6.07) is 20.7. The lowest BCUT2D eigenvalue weighted by Gasteiger charge is -2.17. The highest BCUT2D eigenvalue weighted by Gasteiger charge is 2.19.